The summed E-state index contributed by atoms with van der Waals surface area (Å²) in [5, 5.41) is 6.48. The maximum atomic E-state index is 12.6. The van der Waals surface area contributed by atoms with Gasteiger partial charge in [-0.25, -0.2) is 4.79 Å². The van der Waals surface area contributed by atoms with Crippen molar-refractivity contribution < 1.29 is 9.59 Å². The van der Waals surface area contributed by atoms with Gasteiger partial charge in [-0.1, -0.05) is 25.4 Å². The predicted octanol–water partition coefficient (Wildman–Crippen LogP) is 2.72. The van der Waals surface area contributed by atoms with Gasteiger partial charge in [0.25, 0.3) is 0 Å². The standard InChI is InChI=1S/C19H29ClN4O2/c1-13(2)17(18(25)21-14(3)4)22-19(26)24-11-9-23(10-12-24)16-7-5-15(20)6-8-16/h5-8,13-14,17H,9-12H2,1-4H3,(H,21,25)(H,22,26)/t17-/m1/s1. The Labute approximate surface area is 160 Å². The van der Waals surface area contributed by atoms with Crippen molar-refractivity contribution in [1.82, 2.24) is 15.5 Å². The Morgan fingerprint density at radius 3 is 2.04 bits per heavy atom. The van der Waals surface area contributed by atoms with Gasteiger partial charge in [0.15, 0.2) is 0 Å². The Morgan fingerprint density at radius 2 is 1.54 bits per heavy atom. The average Bonchev–Trinajstić information content (AvgIpc) is 2.59. The summed E-state index contributed by atoms with van der Waals surface area (Å²) in [6, 6.07) is 7.06. The Hall–Kier alpha value is -1.95. The zero-order valence-electron chi connectivity index (χ0n) is 16.0. The first-order chi connectivity index (χ1) is 12.3. The molecule has 3 amide bonds. The van der Waals surface area contributed by atoms with Gasteiger partial charge in [0.2, 0.25) is 5.91 Å². The number of nitrogens with one attached hydrogen (secondary N) is 2. The molecule has 144 valence electrons. The molecule has 1 saturated heterocycles. The second-order valence-electron chi connectivity index (χ2n) is 7.28. The number of carbonyl (C=O) groups is 2. The van der Waals surface area contributed by atoms with Crippen LogP contribution in [0.25, 0.3) is 0 Å². The van der Waals surface area contributed by atoms with Gasteiger partial charge in [-0.2, -0.15) is 0 Å². The molecule has 2 N–H and O–H groups in total. The van der Waals surface area contributed by atoms with Crippen molar-refractivity contribution in [3.05, 3.63) is 29.3 Å². The average molecular weight is 381 g/mol. The van der Waals surface area contributed by atoms with Crippen LogP contribution in [-0.2, 0) is 4.79 Å². The molecule has 1 atom stereocenters. The lowest BCUT2D eigenvalue weighted by molar-refractivity contribution is -0.124. The first-order valence-corrected chi connectivity index (χ1v) is 9.52. The van der Waals surface area contributed by atoms with Gasteiger partial charge in [0, 0.05) is 42.9 Å². The SMILES string of the molecule is CC(C)NC(=O)[C@H](NC(=O)N1CCN(c2ccc(Cl)cc2)CC1)C(C)C. The monoisotopic (exact) mass is 380 g/mol. The molecular weight excluding hydrogens is 352 g/mol. The van der Waals surface area contributed by atoms with Crippen LogP contribution < -0.4 is 15.5 Å². The van der Waals surface area contributed by atoms with Crippen molar-refractivity contribution in [2.75, 3.05) is 31.1 Å². The summed E-state index contributed by atoms with van der Waals surface area (Å²) in [7, 11) is 0. The van der Waals surface area contributed by atoms with Crippen molar-refractivity contribution >= 4 is 29.2 Å². The van der Waals surface area contributed by atoms with Crippen LogP contribution in [0, 0.1) is 5.92 Å². The van der Waals surface area contributed by atoms with E-state index in [1.54, 1.807) is 4.90 Å². The summed E-state index contributed by atoms with van der Waals surface area (Å²) in [6.07, 6.45) is 0. The third-order valence-electron chi connectivity index (χ3n) is 4.42. The summed E-state index contributed by atoms with van der Waals surface area (Å²) in [6.45, 7) is 10.4. The lowest BCUT2D eigenvalue weighted by Crippen LogP contribution is -2.57. The molecule has 0 spiro atoms. The number of halogens is 1. The highest BCUT2D eigenvalue weighted by molar-refractivity contribution is 6.30. The fourth-order valence-corrected chi connectivity index (χ4v) is 3.08. The van der Waals surface area contributed by atoms with Gasteiger partial charge in [-0.3, -0.25) is 4.79 Å². The van der Waals surface area contributed by atoms with Crippen LogP contribution in [0.3, 0.4) is 0 Å². The Bertz CT molecular complexity index is 610. The van der Waals surface area contributed by atoms with Crippen LogP contribution in [0.5, 0.6) is 0 Å². The van der Waals surface area contributed by atoms with E-state index in [4.69, 9.17) is 11.6 Å². The Balaban J connectivity index is 1.90. The number of hydrogen-bond acceptors (Lipinski definition) is 3. The van der Waals surface area contributed by atoms with Gasteiger partial charge in [0.1, 0.15) is 6.04 Å². The summed E-state index contributed by atoms with van der Waals surface area (Å²) >= 11 is 5.93. The van der Waals surface area contributed by atoms with Crippen LogP contribution in [0.15, 0.2) is 24.3 Å². The molecule has 1 aliphatic rings. The van der Waals surface area contributed by atoms with Crippen LogP contribution in [0.4, 0.5) is 10.5 Å². The van der Waals surface area contributed by atoms with Crippen molar-refractivity contribution in [2.45, 2.75) is 39.8 Å². The van der Waals surface area contributed by atoms with E-state index < -0.39 is 6.04 Å². The maximum Gasteiger partial charge on any atom is 0.318 e. The zero-order chi connectivity index (χ0) is 19.3. The van der Waals surface area contributed by atoms with Crippen molar-refractivity contribution in [3.8, 4) is 0 Å². The lowest BCUT2D eigenvalue weighted by atomic mass is 10.0. The van der Waals surface area contributed by atoms with Gasteiger partial charge in [-0.15, -0.1) is 0 Å². The number of anilines is 1. The van der Waals surface area contributed by atoms with E-state index >= 15 is 0 Å². The summed E-state index contributed by atoms with van der Waals surface area (Å²) in [4.78, 5) is 28.9. The third-order valence-corrected chi connectivity index (χ3v) is 4.67. The van der Waals surface area contributed by atoms with Crippen LogP contribution in [0.1, 0.15) is 27.7 Å². The molecule has 0 aromatic heterocycles. The first kappa shape index (κ1) is 20.4. The minimum absolute atomic E-state index is 0.0213. The van der Waals surface area contributed by atoms with Crippen LogP contribution in [0.2, 0.25) is 5.02 Å². The fraction of sp³-hybridized carbons (Fsp3) is 0.579. The molecule has 0 unspecified atom stereocenters. The van der Waals surface area contributed by atoms with E-state index in [-0.39, 0.29) is 23.9 Å². The molecule has 26 heavy (non-hydrogen) atoms. The number of urea groups is 1. The summed E-state index contributed by atoms with van der Waals surface area (Å²) in [5.41, 5.74) is 1.10. The molecule has 1 fully saturated rings. The smallest absolute Gasteiger partial charge is 0.318 e. The second-order valence-corrected chi connectivity index (χ2v) is 7.72. The van der Waals surface area contributed by atoms with Gasteiger partial charge >= 0.3 is 6.03 Å². The van der Waals surface area contributed by atoms with E-state index in [9.17, 15) is 9.59 Å². The lowest BCUT2D eigenvalue weighted by Gasteiger charge is -2.37. The highest BCUT2D eigenvalue weighted by Crippen LogP contribution is 2.19. The van der Waals surface area contributed by atoms with Crippen LogP contribution in [-0.4, -0.2) is 55.1 Å². The van der Waals surface area contributed by atoms with E-state index in [1.807, 2.05) is 52.0 Å². The van der Waals surface area contributed by atoms with E-state index in [0.29, 0.717) is 18.1 Å². The minimum atomic E-state index is -0.529. The van der Waals surface area contributed by atoms with Gasteiger partial charge < -0.3 is 20.4 Å². The molecule has 2 rings (SSSR count). The summed E-state index contributed by atoms with van der Waals surface area (Å²) < 4.78 is 0. The molecule has 0 aliphatic carbocycles. The number of carbonyl (C=O) groups excluding carboxylic acids is 2. The Morgan fingerprint density at radius 1 is 0.962 bits per heavy atom. The molecule has 0 radical (unpaired) electrons. The number of hydrogen-bond donors (Lipinski definition) is 2. The molecule has 0 saturated carbocycles. The normalized spacial score (nSPS) is 16.0. The topological polar surface area (TPSA) is 64.7 Å². The van der Waals surface area contributed by atoms with E-state index in [0.717, 1.165) is 18.8 Å². The number of piperazine rings is 1. The van der Waals surface area contributed by atoms with Crippen LogP contribution >= 0.6 is 11.6 Å². The summed E-state index contributed by atoms with van der Waals surface area (Å²) in [5.74, 6) is -0.115. The van der Waals surface area contributed by atoms with Crippen molar-refractivity contribution in [3.63, 3.8) is 0 Å². The molecule has 1 aliphatic heterocycles. The molecule has 0 bridgehead atoms. The molecule has 1 aromatic carbocycles. The highest BCUT2D eigenvalue weighted by atomic mass is 35.5. The molecule has 7 heteroatoms. The van der Waals surface area contributed by atoms with Crippen molar-refractivity contribution in [2.24, 2.45) is 5.92 Å². The second kappa shape index (κ2) is 9.12. The number of nitrogens with zero attached hydrogens (tertiary/aromatic N) is 2. The predicted molar refractivity (Wildman–Crippen MR) is 106 cm³/mol. The van der Waals surface area contributed by atoms with Gasteiger partial charge in [-0.05, 0) is 44.0 Å². The van der Waals surface area contributed by atoms with E-state index in [1.165, 1.54) is 0 Å². The first-order valence-electron chi connectivity index (χ1n) is 9.14. The number of benzene rings is 1. The quantitative estimate of drug-likeness (QED) is 0.825. The van der Waals surface area contributed by atoms with Crippen molar-refractivity contribution in [1.29, 1.82) is 0 Å². The molecule has 1 aromatic rings. The van der Waals surface area contributed by atoms with E-state index in [2.05, 4.69) is 15.5 Å². The third kappa shape index (κ3) is 5.53. The Kier molecular flexibility index (Phi) is 7.14. The minimum Gasteiger partial charge on any atom is -0.368 e. The van der Waals surface area contributed by atoms with Gasteiger partial charge in [0.05, 0.1) is 0 Å². The molecular formula is C19H29ClN4O2. The highest BCUT2D eigenvalue weighted by Gasteiger charge is 2.28. The molecule has 6 nitrogen and oxygen atoms in total. The number of amides is 3. The molecule has 1 heterocycles. The fourth-order valence-electron chi connectivity index (χ4n) is 2.95. The largest absolute Gasteiger partial charge is 0.368 e. The maximum absolute atomic E-state index is 12.6. The number of rotatable bonds is 5. The zero-order valence-corrected chi connectivity index (χ0v) is 16.7.